The first-order valence-corrected chi connectivity index (χ1v) is 9.02. The van der Waals surface area contributed by atoms with Crippen molar-refractivity contribution in [3.8, 4) is 5.75 Å². The molecule has 0 spiro atoms. The molecule has 1 N–H and O–H groups in total. The quantitative estimate of drug-likeness (QED) is 0.250. The smallest absolute Gasteiger partial charge is 0.286 e. The Labute approximate surface area is 172 Å². The Kier molecular flexibility index (Phi) is 5.66. The van der Waals surface area contributed by atoms with Crippen LogP contribution >= 0.6 is 24.0 Å². The van der Waals surface area contributed by atoms with E-state index in [0.29, 0.717) is 5.56 Å². The second kappa shape index (κ2) is 8.16. The number of carbonyl (C=O) groups excluding carboxylic acids is 1. The number of nitro groups is 2. The minimum Gasteiger partial charge on any atom is -0.507 e. The van der Waals surface area contributed by atoms with Gasteiger partial charge in [0.15, 0.2) is 4.32 Å². The Bertz CT molecular complexity index is 1100. The number of nitrogens with zero attached hydrogens (tertiary/aromatic N) is 4. The molecule has 0 atom stereocenters. The Morgan fingerprint density at radius 2 is 1.69 bits per heavy atom. The fourth-order valence-corrected chi connectivity index (χ4v) is 3.45. The molecule has 1 fully saturated rings. The Morgan fingerprint density at radius 3 is 2.31 bits per heavy atom. The van der Waals surface area contributed by atoms with Crippen LogP contribution in [0.1, 0.15) is 11.1 Å². The van der Waals surface area contributed by atoms with Gasteiger partial charge >= 0.3 is 0 Å². The van der Waals surface area contributed by atoms with Crippen molar-refractivity contribution in [2.75, 3.05) is 0 Å². The van der Waals surface area contributed by atoms with E-state index in [9.17, 15) is 30.1 Å². The lowest BCUT2D eigenvalue weighted by molar-refractivity contribution is -0.385. The molecule has 1 aliphatic heterocycles. The number of benzene rings is 2. The largest absolute Gasteiger partial charge is 0.507 e. The maximum atomic E-state index is 12.5. The molecular weight excluding hydrogens is 420 g/mol. The number of aromatic hydroxyl groups is 1. The maximum absolute atomic E-state index is 12.5. The highest BCUT2D eigenvalue weighted by Crippen LogP contribution is 2.33. The van der Waals surface area contributed by atoms with Gasteiger partial charge in [-0.1, -0.05) is 11.8 Å². The molecule has 146 valence electrons. The molecule has 0 aliphatic carbocycles. The highest BCUT2D eigenvalue weighted by Gasteiger charge is 2.32. The van der Waals surface area contributed by atoms with Crippen LogP contribution in [0.2, 0.25) is 0 Å². The van der Waals surface area contributed by atoms with Crippen molar-refractivity contribution < 1.29 is 19.7 Å². The van der Waals surface area contributed by atoms with Crippen molar-refractivity contribution in [2.45, 2.75) is 0 Å². The van der Waals surface area contributed by atoms with Crippen molar-refractivity contribution in [3.05, 3.63) is 78.7 Å². The summed E-state index contributed by atoms with van der Waals surface area (Å²) in [5, 5.41) is 36.2. The van der Waals surface area contributed by atoms with Crippen LogP contribution in [0.5, 0.6) is 5.75 Å². The summed E-state index contributed by atoms with van der Waals surface area (Å²) in [7, 11) is 0. The highest BCUT2D eigenvalue weighted by molar-refractivity contribution is 8.26. The minimum atomic E-state index is -0.622. The predicted octanol–water partition coefficient (Wildman–Crippen LogP) is 3.44. The summed E-state index contributed by atoms with van der Waals surface area (Å²) in [4.78, 5) is 33.2. The van der Waals surface area contributed by atoms with Gasteiger partial charge in [0, 0.05) is 29.8 Å². The fraction of sp³-hybridized carbons (Fsp3) is 0. The van der Waals surface area contributed by atoms with Crippen LogP contribution in [0.3, 0.4) is 0 Å². The molecule has 1 saturated heterocycles. The van der Waals surface area contributed by atoms with Crippen LogP contribution in [0.15, 0.2) is 52.5 Å². The van der Waals surface area contributed by atoms with Gasteiger partial charge in [-0.05, 0) is 42.1 Å². The lowest BCUT2D eigenvalue weighted by Crippen LogP contribution is -2.22. The van der Waals surface area contributed by atoms with Crippen LogP contribution in [0.25, 0.3) is 6.08 Å². The number of phenolic OH excluding ortho intramolecular Hbond substituents is 1. The van der Waals surface area contributed by atoms with Gasteiger partial charge < -0.3 is 5.11 Å². The fourth-order valence-electron chi connectivity index (χ4n) is 2.28. The second-order valence-electron chi connectivity index (χ2n) is 5.59. The number of hydrazone groups is 1. The van der Waals surface area contributed by atoms with E-state index >= 15 is 0 Å². The van der Waals surface area contributed by atoms with Gasteiger partial charge in [0.1, 0.15) is 5.75 Å². The molecular formula is C17H10N4O6S2. The van der Waals surface area contributed by atoms with Gasteiger partial charge in [0.05, 0.1) is 21.0 Å². The van der Waals surface area contributed by atoms with Crippen molar-refractivity contribution in [1.29, 1.82) is 0 Å². The molecule has 12 heteroatoms. The molecule has 1 aliphatic rings. The molecule has 0 aromatic heterocycles. The average molecular weight is 430 g/mol. The van der Waals surface area contributed by atoms with Gasteiger partial charge in [0.2, 0.25) is 0 Å². The highest BCUT2D eigenvalue weighted by atomic mass is 32.2. The van der Waals surface area contributed by atoms with E-state index in [0.717, 1.165) is 41.2 Å². The van der Waals surface area contributed by atoms with E-state index in [4.69, 9.17) is 12.2 Å². The van der Waals surface area contributed by atoms with E-state index in [1.54, 1.807) is 0 Å². The summed E-state index contributed by atoms with van der Waals surface area (Å²) >= 11 is 6.12. The maximum Gasteiger partial charge on any atom is 0.286 e. The summed E-state index contributed by atoms with van der Waals surface area (Å²) < 4.78 is 0.129. The van der Waals surface area contributed by atoms with Gasteiger partial charge in [-0.2, -0.15) is 10.1 Å². The van der Waals surface area contributed by atoms with E-state index in [1.807, 2.05) is 0 Å². The van der Waals surface area contributed by atoms with Gasteiger partial charge in [-0.15, -0.1) is 0 Å². The molecule has 3 rings (SSSR count). The van der Waals surface area contributed by atoms with Crippen molar-refractivity contribution in [2.24, 2.45) is 5.10 Å². The summed E-state index contributed by atoms with van der Waals surface area (Å²) in [5.74, 6) is -0.772. The lowest BCUT2D eigenvalue weighted by Gasteiger charge is -2.06. The number of nitro benzene ring substituents is 2. The molecule has 1 amide bonds. The summed E-state index contributed by atoms with van der Waals surface area (Å²) in [6.45, 7) is 0. The first-order valence-electron chi connectivity index (χ1n) is 7.80. The Hall–Kier alpha value is -3.64. The van der Waals surface area contributed by atoms with Crippen LogP contribution in [0.4, 0.5) is 11.4 Å². The zero-order valence-electron chi connectivity index (χ0n) is 14.3. The third-order valence-corrected chi connectivity index (χ3v) is 4.99. The van der Waals surface area contributed by atoms with E-state index in [1.165, 1.54) is 30.3 Å². The lowest BCUT2D eigenvalue weighted by atomic mass is 10.2. The molecule has 0 bridgehead atoms. The van der Waals surface area contributed by atoms with E-state index in [-0.39, 0.29) is 31.9 Å². The molecule has 0 unspecified atom stereocenters. The number of thioether (sulfide) groups is 1. The van der Waals surface area contributed by atoms with Gasteiger partial charge in [-0.3, -0.25) is 25.0 Å². The summed E-state index contributed by atoms with van der Waals surface area (Å²) in [5.41, 5.74) is 0.299. The first kappa shape index (κ1) is 20.1. The third kappa shape index (κ3) is 4.44. The van der Waals surface area contributed by atoms with Gasteiger partial charge in [0.25, 0.3) is 17.3 Å². The monoisotopic (exact) mass is 430 g/mol. The zero-order chi connectivity index (χ0) is 21.1. The number of phenols is 1. The molecule has 2 aromatic carbocycles. The zero-order valence-corrected chi connectivity index (χ0v) is 15.9. The number of hydrogen-bond donors (Lipinski definition) is 1. The SMILES string of the molecule is O=C1/C(=C\c2ccc([N+](=O)[O-])cc2)SC(=S)N1/N=C/c1cc([N+](=O)[O-])ccc1O. The van der Waals surface area contributed by atoms with Crippen LogP contribution < -0.4 is 0 Å². The topological polar surface area (TPSA) is 139 Å². The van der Waals surface area contributed by atoms with Crippen molar-refractivity contribution in [3.63, 3.8) is 0 Å². The third-order valence-electron chi connectivity index (χ3n) is 3.71. The standard InChI is InChI=1S/C17H10N4O6S2/c22-14-6-5-13(21(26)27)8-11(14)9-18-19-16(23)15(29-17(19)28)7-10-1-3-12(4-2-10)20(24)25/h1-9,22H/b15-7+,18-9+. The number of hydrogen-bond acceptors (Lipinski definition) is 9. The van der Waals surface area contributed by atoms with Gasteiger partial charge in [-0.25, -0.2) is 0 Å². The number of carbonyl (C=O) groups is 1. The van der Waals surface area contributed by atoms with Crippen molar-refractivity contribution in [1.82, 2.24) is 5.01 Å². The molecule has 1 heterocycles. The Morgan fingerprint density at radius 1 is 1.07 bits per heavy atom. The molecule has 0 saturated carbocycles. The van der Waals surface area contributed by atoms with Crippen molar-refractivity contribution >= 4 is 57.9 Å². The van der Waals surface area contributed by atoms with Crippen LogP contribution in [-0.2, 0) is 4.79 Å². The molecule has 2 aromatic rings. The second-order valence-corrected chi connectivity index (χ2v) is 7.26. The molecule has 10 nitrogen and oxygen atoms in total. The Balaban J connectivity index is 1.82. The summed E-state index contributed by atoms with van der Waals surface area (Å²) in [6.07, 6.45) is 2.62. The number of thiocarbonyl (C=S) groups is 1. The normalized spacial score (nSPS) is 15.4. The predicted molar refractivity (Wildman–Crippen MR) is 110 cm³/mol. The van der Waals surface area contributed by atoms with Crippen LogP contribution in [0, 0.1) is 20.2 Å². The number of non-ortho nitro benzene ring substituents is 2. The average Bonchev–Trinajstić information content (AvgIpc) is 2.94. The minimum absolute atomic E-state index is 0.0487. The van der Waals surface area contributed by atoms with E-state index in [2.05, 4.69) is 5.10 Å². The number of rotatable bonds is 5. The van der Waals surface area contributed by atoms with Crippen LogP contribution in [-0.4, -0.2) is 36.4 Å². The molecule has 29 heavy (non-hydrogen) atoms. The summed E-state index contributed by atoms with van der Waals surface area (Å²) in [6, 6.07) is 9.02. The number of amides is 1. The molecule has 0 radical (unpaired) electrons. The first-order chi connectivity index (χ1) is 13.8. The van der Waals surface area contributed by atoms with E-state index < -0.39 is 15.8 Å².